The van der Waals surface area contributed by atoms with Crippen LogP contribution in [0.4, 0.5) is 0 Å². The zero-order valence-electron chi connectivity index (χ0n) is 19.0. The highest BCUT2D eigenvalue weighted by atomic mass is 16.5. The van der Waals surface area contributed by atoms with Gasteiger partial charge < -0.3 is 9.47 Å². The second-order valence-corrected chi connectivity index (χ2v) is 8.02. The van der Waals surface area contributed by atoms with E-state index in [-0.39, 0.29) is 5.78 Å². The van der Waals surface area contributed by atoms with Crippen molar-refractivity contribution in [2.75, 3.05) is 7.11 Å². The molecule has 0 saturated heterocycles. The van der Waals surface area contributed by atoms with Gasteiger partial charge in [-0.05, 0) is 86.6 Å². The summed E-state index contributed by atoms with van der Waals surface area (Å²) in [4.78, 5) is 24.0. The molecule has 0 aliphatic rings. The van der Waals surface area contributed by atoms with E-state index in [2.05, 4.69) is 38.1 Å². The highest BCUT2D eigenvalue weighted by molar-refractivity contribution is 5.96. The quantitative estimate of drug-likeness (QED) is 0.283. The zero-order valence-corrected chi connectivity index (χ0v) is 19.0. The van der Waals surface area contributed by atoms with E-state index in [0.717, 1.165) is 40.0 Å². The van der Waals surface area contributed by atoms with E-state index < -0.39 is 5.97 Å². The van der Waals surface area contributed by atoms with Gasteiger partial charge in [0.05, 0.1) is 12.7 Å². The minimum absolute atomic E-state index is 0.0376. The molecule has 3 aromatic carbocycles. The molecule has 4 nitrogen and oxygen atoms in total. The van der Waals surface area contributed by atoms with Crippen LogP contribution in [0.3, 0.4) is 0 Å². The summed E-state index contributed by atoms with van der Waals surface area (Å²) in [6.45, 7) is 9.50. The summed E-state index contributed by atoms with van der Waals surface area (Å²) in [6, 6.07) is 14.9. The smallest absolute Gasteiger partial charge is 0.343 e. The van der Waals surface area contributed by atoms with Gasteiger partial charge >= 0.3 is 5.97 Å². The monoisotopic (exact) mass is 416 g/mol. The van der Waals surface area contributed by atoms with Crippen LogP contribution in [0.25, 0.3) is 0 Å². The summed E-state index contributed by atoms with van der Waals surface area (Å²) in [5.41, 5.74) is 7.40. The maximum absolute atomic E-state index is 12.6. The van der Waals surface area contributed by atoms with E-state index in [1.54, 1.807) is 31.4 Å². The maximum atomic E-state index is 12.6. The average molecular weight is 417 g/mol. The van der Waals surface area contributed by atoms with Gasteiger partial charge in [-0.1, -0.05) is 36.4 Å². The Labute approximate surface area is 183 Å². The molecular formula is C27H28O4. The van der Waals surface area contributed by atoms with Gasteiger partial charge in [0.2, 0.25) is 0 Å². The first kappa shape index (κ1) is 22.3. The summed E-state index contributed by atoms with van der Waals surface area (Å²) in [5, 5.41) is 0. The van der Waals surface area contributed by atoms with E-state index in [1.807, 2.05) is 13.8 Å². The van der Waals surface area contributed by atoms with Crippen LogP contribution in [0, 0.1) is 27.7 Å². The molecule has 0 aliphatic heterocycles. The number of rotatable bonds is 6. The Balaban J connectivity index is 1.80. The van der Waals surface area contributed by atoms with Gasteiger partial charge in [-0.25, -0.2) is 4.79 Å². The Bertz CT molecular complexity index is 1090. The predicted molar refractivity (Wildman–Crippen MR) is 123 cm³/mol. The second-order valence-electron chi connectivity index (χ2n) is 8.02. The summed E-state index contributed by atoms with van der Waals surface area (Å²) in [5.74, 6) is 1.03. The lowest BCUT2D eigenvalue weighted by molar-refractivity contribution is 0.0731. The normalized spacial score (nSPS) is 10.6. The maximum Gasteiger partial charge on any atom is 0.343 e. The van der Waals surface area contributed by atoms with Crippen molar-refractivity contribution in [2.45, 2.75) is 41.0 Å². The van der Waals surface area contributed by atoms with Crippen molar-refractivity contribution in [2.24, 2.45) is 0 Å². The number of esters is 1. The third-order valence-corrected chi connectivity index (χ3v) is 5.37. The SMILES string of the molecule is COc1c(C)cc(Cc2cc(C)c(OC(=O)c3ccc(C(C)=O)cc3)c(C)c2)cc1C. The average Bonchev–Trinajstić information content (AvgIpc) is 2.70. The zero-order chi connectivity index (χ0) is 22.7. The molecule has 0 saturated carbocycles. The van der Waals surface area contributed by atoms with Crippen molar-refractivity contribution in [3.05, 3.63) is 93.0 Å². The molecule has 0 aromatic heterocycles. The summed E-state index contributed by atoms with van der Waals surface area (Å²) in [6.07, 6.45) is 0.786. The Morgan fingerprint density at radius 2 is 1.13 bits per heavy atom. The number of aryl methyl sites for hydroxylation is 4. The highest BCUT2D eigenvalue weighted by Gasteiger charge is 2.15. The Morgan fingerprint density at radius 3 is 1.55 bits per heavy atom. The molecule has 0 amide bonds. The van der Waals surface area contributed by atoms with E-state index in [9.17, 15) is 9.59 Å². The number of ether oxygens (including phenoxy) is 2. The second kappa shape index (κ2) is 9.17. The van der Waals surface area contributed by atoms with Crippen LogP contribution >= 0.6 is 0 Å². The van der Waals surface area contributed by atoms with Crippen molar-refractivity contribution < 1.29 is 19.1 Å². The number of ketones is 1. The van der Waals surface area contributed by atoms with Crippen molar-refractivity contribution in [3.63, 3.8) is 0 Å². The van der Waals surface area contributed by atoms with Gasteiger partial charge in [-0.2, -0.15) is 0 Å². The highest BCUT2D eigenvalue weighted by Crippen LogP contribution is 2.29. The molecule has 0 aliphatic carbocycles. The topological polar surface area (TPSA) is 52.6 Å². The first-order valence-corrected chi connectivity index (χ1v) is 10.3. The largest absolute Gasteiger partial charge is 0.496 e. The molecule has 4 heteroatoms. The van der Waals surface area contributed by atoms with Crippen molar-refractivity contribution >= 4 is 11.8 Å². The Hall–Kier alpha value is -3.40. The van der Waals surface area contributed by atoms with E-state index in [0.29, 0.717) is 16.9 Å². The molecule has 0 fully saturated rings. The van der Waals surface area contributed by atoms with Crippen LogP contribution in [-0.4, -0.2) is 18.9 Å². The lowest BCUT2D eigenvalue weighted by Crippen LogP contribution is -2.11. The van der Waals surface area contributed by atoms with Crippen LogP contribution in [0.5, 0.6) is 11.5 Å². The number of hydrogen-bond donors (Lipinski definition) is 0. The number of Topliss-reactive ketones (excluding diaryl/α,β-unsaturated/α-hetero) is 1. The molecule has 0 spiro atoms. The first-order valence-electron chi connectivity index (χ1n) is 10.3. The van der Waals surface area contributed by atoms with Crippen LogP contribution in [-0.2, 0) is 6.42 Å². The molecule has 3 rings (SSSR count). The molecule has 0 radical (unpaired) electrons. The molecule has 160 valence electrons. The third kappa shape index (κ3) is 5.02. The third-order valence-electron chi connectivity index (χ3n) is 5.37. The molecule has 3 aromatic rings. The molecule has 0 heterocycles. The van der Waals surface area contributed by atoms with Crippen molar-refractivity contribution in [3.8, 4) is 11.5 Å². The Kier molecular flexibility index (Phi) is 6.59. The van der Waals surface area contributed by atoms with E-state index in [4.69, 9.17) is 9.47 Å². The van der Waals surface area contributed by atoms with Gasteiger partial charge in [-0.3, -0.25) is 4.79 Å². The fourth-order valence-corrected chi connectivity index (χ4v) is 4.00. The Morgan fingerprint density at radius 1 is 0.710 bits per heavy atom. The number of benzene rings is 3. The number of methoxy groups -OCH3 is 1. The molecule has 0 bridgehead atoms. The first-order chi connectivity index (χ1) is 14.7. The van der Waals surface area contributed by atoms with Gasteiger partial charge in [0.1, 0.15) is 11.5 Å². The van der Waals surface area contributed by atoms with Crippen LogP contribution < -0.4 is 9.47 Å². The van der Waals surface area contributed by atoms with E-state index in [1.165, 1.54) is 12.5 Å². The van der Waals surface area contributed by atoms with Gasteiger partial charge in [-0.15, -0.1) is 0 Å². The minimum Gasteiger partial charge on any atom is -0.496 e. The van der Waals surface area contributed by atoms with Gasteiger partial charge in [0.15, 0.2) is 5.78 Å². The summed E-state index contributed by atoms with van der Waals surface area (Å²) in [7, 11) is 1.69. The molecular weight excluding hydrogens is 388 g/mol. The summed E-state index contributed by atoms with van der Waals surface area (Å²) < 4.78 is 11.2. The van der Waals surface area contributed by atoms with Crippen LogP contribution in [0.15, 0.2) is 48.5 Å². The summed E-state index contributed by atoms with van der Waals surface area (Å²) >= 11 is 0. The van der Waals surface area contributed by atoms with E-state index >= 15 is 0 Å². The van der Waals surface area contributed by atoms with Crippen molar-refractivity contribution in [1.29, 1.82) is 0 Å². The number of carbonyl (C=O) groups is 2. The number of hydrogen-bond acceptors (Lipinski definition) is 4. The molecule has 0 N–H and O–H groups in total. The standard InChI is InChI=1S/C27H28O4/c1-16-11-21(12-17(2)25(16)30-6)15-22-13-18(3)26(19(4)14-22)31-27(29)24-9-7-23(8-10-24)20(5)28/h7-14H,15H2,1-6H3. The lowest BCUT2D eigenvalue weighted by Gasteiger charge is -2.15. The molecule has 0 unspecified atom stereocenters. The minimum atomic E-state index is -0.435. The van der Waals surface area contributed by atoms with Gasteiger partial charge in [0, 0.05) is 5.56 Å². The molecule has 31 heavy (non-hydrogen) atoms. The van der Waals surface area contributed by atoms with Gasteiger partial charge in [0.25, 0.3) is 0 Å². The van der Waals surface area contributed by atoms with Crippen molar-refractivity contribution in [1.82, 2.24) is 0 Å². The predicted octanol–water partition coefficient (Wildman–Crippen LogP) is 5.94. The number of carbonyl (C=O) groups excluding carboxylic acids is 2. The lowest BCUT2D eigenvalue weighted by atomic mass is 9.97. The molecule has 0 atom stereocenters. The fraction of sp³-hybridized carbons (Fsp3) is 0.259. The van der Waals surface area contributed by atoms with Crippen LogP contribution in [0.2, 0.25) is 0 Å². The fourth-order valence-electron chi connectivity index (χ4n) is 4.00. The van der Waals surface area contributed by atoms with Crippen LogP contribution in [0.1, 0.15) is 61.0 Å².